The first-order valence-electron chi connectivity index (χ1n) is 9.34. The Morgan fingerprint density at radius 3 is 1.87 bits per heavy atom. The molecular formula is C25H18N2O2S. The lowest BCUT2D eigenvalue weighted by molar-refractivity contribution is 0.518. The normalized spacial score (nSPS) is 10.4. The zero-order valence-electron chi connectivity index (χ0n) is 16.3. The molecule has 0 spiro atoms. The molecule has 0 radical (unpaired) electrons. The summed E-state index contributed by atoms with van der Waals surface area (Å²) in [4.78, 5) is 14.9. The number of benzene rings is 3. The Bertz CT molecular complexity index is 1210. The summed E-state index contributed by atoms with van der Waals surface area (Å²) in [6, 6.07) is 31.7. The van der Waals surface area contributed by atoms with Gasteiger partial charge < -0.3 is 9.32 Å². The van der Waals surface area contributed by atoms with Gasteiger partial charge in [0, 0.05) is 27.5 Å². The van der Waals surface area contributed by atoms with E-state index in [1.165, 1.54) is 11.8 Å². The minimum atomic E-state index is -0.612. The Hall–Kier alpha value is -3.75. The van der Waals surface area contributed by atoms with E-state index in [1.54, 1.807) is 6.07 Å². The van der Waals surface area contributed by atoms with Gasteiger partial charge in [-0.2, -0.15) is 5.26 Å². The molecule has 0 amide bonds. The number of para-hydroxylation sites is 2. The molecule has 0 atom stereocenters. The van der Waals surface area contributed by atoms with Crippen molar-refractivity contribution in [2.24, 2.45) is 0 Å². The van der Waals surface area contributed by atoms with Crippen LogP contribution in [0.4, 0.5) is 17.1 Å². The number of hydrogen-bond donors (Lipinski definition) is 0. The van der Waals surface area contributed by atoms with Gasteiger partial charge in [-0.15, -0.1) is 11.8 Å². The highest BCUT2D eigenvalue weighted by atomic mass is 32.2. The lowest BCUT2D eigenvalue weighted by Gasteiger charge is -2.25. The molecule has 3 aromatic carbocycles. The van der Waals surface area contributed by atoms with Crippen molar-refractivity contribution in [1.82, 2.24) is 0 Å². The first kappa shape index (κ1) is 19.6. The molecular weight excluding hydrogens is 392 g/mol. The molecule has 0 saturated heterocycles. The standard InChI is InChI=1S/C25H18N2O2S/c1-30-24-16-23(29-25(28)22(24)17-26)18-12-14-21(15-13-18)27(19-8-4-2-5-9-19)20-10-6-3-7-11-20/h2-16H,1H3. The Morgan fingerprint density at radius 1 is 0.833 bits per heavy atom. The van der Waals surface area contributed by atoms with Gasteiger partial charge in [-0.05, 0) is 60.9 Å². The number of anilines is 3. The van der Waals surface area contributed by atoms with Gasteiger partial charge in [0.2, 0.25) is 0 Å². The fraction of sp³-hybridized carbons (Fsp3) is 0.0400. The van der Waals surface area contributed by atoms with Crippen LogP contribution >= 0.6 is 11.8 Å². The molecule has 0 aliphatic carbocycles. The summed E-state index contributed by atoms with van der Waals surface area (Å²) in [5.74, 6) is 0.445. The molecule has 0 bridgehead atoms. The van der Waals surface area contributed by atoms with Crippen molar-refractivity contribution in [3.8, 4) is 17.4 Å². The predicted octanol–water partition coefficient (Wildman–Crippen LogP) is 6.37. The first-order valence-corrected chi connectivity index (χ1v) is 10.6. The van der Waals surface area contributed by atoms with E-state index < -0.39 is 5.63 Å². The van der Waals surface area contributed by atoms with E-state index >= 15 is 0 Å². The van der Waals surface area contributed by atoms with Crippen molar-refractivity contribution >= 4 is 28.8 Å². The van der Waals surface area contributed by atoms with Crippen LogP contribution in [0.2, 0.25) is 0 Å². The third-order valence-corrected chi connectivity index (χ3v) is 5.45. The molecule has 1 aromatic heterocycles. The molecule has 4 aromatic rings. The Balaban J connectivity index is 1.76. The summed E-state index contributed by atoms with van der Waals surface area (Å²) in [6.45, 7) is 0. The minimum Gasteiger partial charge on any atom is -0.422 e. The van der Waals surface area contributed by atoms with E-state index in [9.17, 15) is 10.1 Å². The Labute approximate surface area is 179 Å². The van der Waals surface area contributed by atoms with Gasteiger partial charge in [-0.25, -0.2) is 4.79 Å². The van der Waals surface area contributed by atoms with Gasteiger partial charge in [0.05, 0.1) is 0 Å². The molecule has 0 fully saturated rings. The van der Waals surface area contributed by atoms with E-state index in [4.69, 9.17) is 4.42 Å². The van der Waals surface area contributed by atoms with Gasteiger partial charge in [-0.1, -0.05) is 36.4 Å². The van der Waals surface area contributed by atoms with E-state index in [-0.39, 0.29) is 5.56 Å². The highest BCUT2D eigenvalue weighted by Crippen LogP contribution is 2.35. The van der Waals surface area contributed by atoms with E-state index in [0.29, 0.717) is 10.7 Å². The van der Waals surface area contributed by atoms with Crippen molar-refractivity contribution < 1.29 is 4.42 Å². The molecule has 4 rings (SSSR count). The van der Waals surface area contributed by atoms with Crippen molar-refractivity contribution in [2.45, 2.75) is 4.90 Å². The van der Waals surface area contributed by atoms with Crippen molar-refractivity contribution in [1.29, 1.82) is 5.26 Å². The van der Waals surface area contributed by atoms with Crippen LogP contribution in [-0.2, 0) is 0 Å². The van der Waals surface area contributed by atoms with E-state index in [0.717, 1.165) is 22.6 Å². The van der Waals surface area contributed by atoms with Crippen LogP contribution in [0, 0.1) is 11.3 Å². The third kappa shape index (κ3) is 3.86. The van der Waals surface area contributed by atoms with Crippen molar-refractivity contribution in [3.05, 3.63) is 107 Å². The molecule has 30 heavy (non-hydrogen) atoms. The summed E-state index contributed by atoms with van der Waals surface area (Å²) in [5, 5.41) is 9.18. The average molecular weight is 410 g/mol. The third-order valence-electron chi connectivity index (χ3n) is 4.69. The number of hydrogen-bond acceptors (Lipinski definition) is 5. The number of thioether (sulfide) groups is 1. The summed E-state index contributed by atoms with van der Waals surface area (Å²) in [7, 11) is 0. The van der Waals surface area contributed by atoms with Crippen LogP contribution in [0.25, 0.3) is 11.3 Å². The lowest BCUT2D eigenvalue weighted by atomic mass is 10.1. The Kier molecular flexibility index (Phi) is 5.69. The topological polar surface area (TPSA) is 57.2 Å². The summed E-state index contributed by atoms with van der Waals surface area (Å²) in [6.07, 6.45) is 1.83. The maximum absolute atomic E-state index is 12.2. The SMILES string of the molecule is CSc1cc(-c2ccc(N(c3ccccc3)c3ccccc3)cc2)oc(=O)c1C#N. The van der Waals surface area contributed by atoms with Crippen molar-refractivity contribution in [2.75, 3.05) is 11.2 Å². The zero-order valence-corrected chi connectivity index (χ0v) is 17.1. The molecule has 0 saturated carbocycles. The van der Waals surface area contributed by atoms with Crippen LogP contribution in [-0.4, -0.2) is 6.26 Å². The first-order chi connectivity index (χ1) is 14.7. The molecule has 0 aliphatic heterocycles. The number of rotatable bonds is 5. The largest absolute Gasteiger partial charge is 0.422 e. The molecule has 0 unspecified atom stereocenters. The van der Waals surface area contributed by atoms with Crippen LogP contribution in [0.15, 0.2) is 105 Å². The molecule has 146 valence electrons. The summed E-state index contributed by atoms with van der Waals surface area (Å²) < 4.78 is 5.39. The van der Waals surface area contributed by atoms with Gasteiger partial charge in [-0.3, -0.25) is 0 Å². The van der Waals surface area contributed by atoms with Crippen LogP contribution in [0.3, 0.4) is 0 Å². The Morgan fingerprint density at radius 2 is 1.37 bits per heavy atom. The second-order valence-corrected chi connectivity index (χ2v) is 7.35. The van der Waals surface area contributed by atoms with Gasteiger partial charge in [0.15, 0.2) is 5.56 Å². The maximum Gasteiger partial charge on any atom is 0.355 e. The molecule has 1 heterocycles. The fourth-order valence-corrected chi connectivity index (χ4v) is 3.81. The quantitative estimate of drug-likeness (QED) is 0.358. The molecule has 4 nitrogen and oxygen atoms in total. The smallest absolute Gasteiger partial charge is 0.355 e. The second kappa shape index (κ2) is 8.73. The number of nitriles is 1. The monoisotopic (exact) mass is 410 g/mol. The lowest BCUT2D eigenvalue weighted by Crippen LogP contribution is -2.09. The van der Waals surface area contributed by atoms with E-state index in [2.05, 4.69) is 29.2 Å². The number of nitrogens with zero attached hydrogens (tertiary/aromatic N) is 2. The summed E-state index contributed by atoms with van der Waals surface area (Å²) in [5.41, 5.74) is 3.28. The van der Waals surface area contributed by atoms with Crippen molar-refractivity contribution in [3.63, 3.8) is 0 Å². The fourth-order valence-electron chi connectivity index (χ4n) is 3.25. The minimum absolute atomic E-state index is 0.0437. The second-order valence-electron chi connectivity index (χ2n) is 6.51. The highest BCUT2D eigenvalue weighted by Gasteiger charge is 2.14. The zero-order chi connectivity index (χ0) is 20.9. The van der Waals surface area contributed by atoms with Gasteiger partial charge in [0.25, 0.3) is 0 Å². The predicted molar refractivity (Wildman–Crippen MR) is 122 cm³/mol. The summed E-state index contributed by atoms with van der Waals surface area (Å²) >= 11 is 1.35. The van der Waals surface area contributed by atoms with Gasteiger partial charge >= 0.3 is 5.63 Å². The average Bonchev–Trinajstić information content (AvgIpc) is 2.80. The van der Waals surface area contributed by atoms with E-state index in [1.807, 2.05) is 73.0 Å². The molecule has 0 aliphatic rings. The molecule has 0 N–H and O–H groups in total. The maximum atomic E-state index is 12.2. The van der Waals surface area contributed by atoms with Crippen LogP contribution in [0.1, 0.15) is 5.56 Å². The molecule has 5 heteroatoms. The van der Waals surface area contributed by atoms with Crippen LogP contribution in [0.5, 0.6) is 0 Å². The highest BCUT2D eigenvalue weighted by molar-refractivity contribution is 7.98. The van der Waals surface area contributed by atoms with Crippen LogP contribution < -0.4 is 10.5 Å². The van der Waals surface area contributed by atoms with Gasteiger partial charge in [0.1, 0.15) is 11.8 Å².